The Morgan fingerprint density at radius 3 is 2.31 bits per heavy atom. The van der Waals surface area contributed by atoms with Gasteiger partial charge in [-0.1, -0.05) is 48.5 Å². The van der Waals surface area contributed by atoms with Gasteiger partial charge in [0.2, 0.25) is 23.5 Å². The standard InChI is InChI=1S/C24H25N4O6S/c25-20(29)13-7-12-19(22(31)24-28-27-23(34-24)18-10-5-2-6-11-18)26-21(30)14-15-35(32,33)16-17-8-3-1-4-9-17/h1-6,8-11,14,19H,7,12-13,15-16H2,(H2,25,29)(H,26,30). The fourth-order valence-corrected chi connectivity index (χ4v) is 4.46. The first-order chi connectivity index (χ1) is 16.7. The number of amides is 2. The highest BCUT2D eigenvalue weighted by Crippen LogP contribution is 2.18. The zero-order chi connectivity index (χ0) is 25.3. The van der Waals surface area contributed by atoms with Crippen LogP contribution in [0.2, 0.25) is 0 Å². The first-order valence-corrected chi connectivity index (χ1v) is 12.6. The van der Waals surface area contributed by atoms with Crippen molar-refractivity contribution < 1.29 is 27.2 Å². The molecular formula is C24H25N4O6S. The predicted molar refractivity (Wildman–Crippen MR) is 127 cm³/mol. The van der Waals surface area contributed by atoms with Crippen LogP contribution in [0.5, 0.6) is 0 Å². The summed E-state index contributed by atoms with van der Waals surface area (Å²) in [4.78, 5) is 36.6. The van der Waals surface area contributed by atoms with Crippen molar-refractivity contribution in [3.63, 3.8) is 0 Å². The van der Waals surface area contributed by atoms with E-state index in [1.807, 2.05) is 6.07 Å². The number of nitrogens with one attached hydrogen (secondary N) is 1. The monoisotopic (exact) mass is 497 g/mol. The Balaban J connectivity index is 1.65. The van der Waals surface area contributed by atoms with E-state index in [-0.39, 0.29) is 36.8 Å². The van der Waals surface area contributed by atoms with E-state index in [1.165, 1.54) is 0 Å². The van der Waals surface area contributed by atoms with Gasteiger partial charge in [0.05, 0.1) is 24.0 Å². The summed E-state index contributed by atoms with van der Waals surface area (Å²) >= 11 is 0. The fourth-order valence-electron chi connectivity index (χ4n) is 3.24. The molecule has 0 aliphatic heterocycles. The molecular weight excluding hydrogens is 472 g/mol. The first kappa shape index (κ1) is 25.8. The van der Waals surface area contributed by atoms with Crippen molar-refractivity contribution in [3.8, 4) is 11.5 Å². The lowest BCUT2D eigenvalue weighted by Gasteiger charge is -2.15. The number of nitrogens with zero attached hydrogens (tertiary/aromatic N) is 2. The Morgan fingerprint density at radius 2 is 1.66 bits per heavy atom. The zero-order valence-electron chi connectivity index (χ0n) is 18.8. The summed E-state index contributed by atoms with van der Waals surface area (Å²) in [5.41, 5.74) is 6.39. The molecule has 2 amide bonds. The van der Waals surface area contributed by atoms with E-state index >= 15 is 0 Å². The molecule has 0 aliphatic rings. The summed E-state index contributed by atoms with van der Waals surface area (Å²) in [6.07, 6.45) is 1.27. The van der Waals surface area contributed by atoms with E-state index in [4.69, 9.17) is 10.2 Å². The van der Waals surface area contributed by atoms with Crippen LogP contribution in [-0.2, 0) is 25.2 Å². The van der Waals surface area contributed by atoms with Crippen molar-refractivity contribution in [2.45, 2.75) is 31.1 Å². The number of primary amides is 1. The minimum absolute atomic E-state index is 0.00786. The molecule has 1 unspecified atom stereocenters. The second kappa shape index (κ2) is 12.0. The van der Waals surface area contributed by atoms with E-state index < -0.39 is 39.2 Å². The van der Waals surface area contributed by atoms with Gasteiger partial charge in [0.25, 0.3) is 5.89 Å². The highest BCUT2D eigenvalue weighted by atomic mass is 32.2. The molecule has 0 saturated heterocycles. The van der Waals surface area contributed by atoms with Crippen LogP contribution >= 0.6 is 0 Å². The van der Waals surface area contributed by atoms with Crippen molar-refractivity contribution in [2.24, 2.45) is 5.73 Å². The molecule has 0 spiro atoms. The molecule has 2 aromatic carbocycles. The average Bonchev–Trinajstić information content (AvgIpc) is 3.33. The Morgan fingerprint density at radius 1 is 1.00 bits per heavy atom. The van der Waals surface area contributed by atoms with Gasteiger partial charge in [0.15, 0.2) is 9.84 Å². The number of carbonyl (C=O) groups is 3. The average molecular weight is 498 g/mol. The summed E-state index contributed by atoms with van der Waals surface area (Å²) in [7, 11) is -3.60. The van der Waals surface area contributed by atoms with Gasteiger partial charge in [-0.05, 0) is 30.5 Å². The van der Waals surface area contributed by atoms with E-state index in [2.05, 4.69) is 15.5 Å². The minimum Gasteiger partial charge on any atom is -0.414 e. The van der Waals surface area contributed by atoms with Crippen LogP contribution in [0.1, 0.15) is 35.5 Å². The second-order valence-corrected chi connectivity index (χ2v) is 9.92. The highest BCUT2D eigenvalue weighted by Gasteiger charge is 2.27. The Kier molecular flexibility index (Phi) is 8.85. The minimum atomic E-state index is -3.60. The van der Waals surface area contributed by atoms with Crippen LogP contribution in [0.4, 0.5) is 0 Å². The predicted octanol–water partition coefficient (Wildman–Crippen LogP) is 1.88. The summed E-state index contributed by atoms with van der Waals surface area (Å²) in [5, 5.41) is 10.1. The van der Waals surface area contributed by atoms with E-state index in [0.29, 0.717) is 11.1 Å². The molecule has 0 aliphatic carbocycles. The lowest BCUT2D eigenvalue weighted by atomic mass is 10.0. The van der Waals surface area contributed by atoms with Crippen molar-refractivity contribution >= 4 is 27.4 Å². The zero-order valence-corrected chi connectivity index (χ0v) is 19.6. The maximum atomic E-state index is 13.0. The number of sulfone groups is 1. The molecule has 11 heteroatoms. The maximum Gasteiger partial charge on any atom is 0.286 e. The van der Waals surface area contributed by atoms with Gasteiger partial charge < -0.3 is 15.5 Å². The fraction of sp³-hybridized carbons (Fsp3) is 0.250. The third kappa shape index (κ3) is 8.14. The number of benzene rings is 2. The third-order valence-corrected chi connectivity index (χ3v) is 6.41. The van der Waals surface area contributed by atoms with Crippen molar-refractivity contribution in [1.82, 2.24) is 15.5 Å². The number of aromatic nitrogens is 2. The molecule has 0 bridgehead atoms. The number of hydrogen-bond acceptors (Lipinski definition) is 8. The van der Waals surface area contributed by atoms with E-state index in [1.54, 1.807) is 54.6 Å². The van der Waals surface area contributed by atoms with E-state index in [0.717, 1.165) is 6.42 Å². The van der Waals surface area contributed by atoms with Gasteiger partial charge in [-0.2, -0.15) is 0 Å². The van der Waals surface area contributed by atoms with Gasteiger partial charge in [0, 0.05) is 12.0 Å². The van der Waals surface area contributed by atoms with Gasteiger partial charge in [-0.25, -0.2) is 8.42 Å². The van der Waals surface area contributed by atoms with Crippen LogP contribution in [0.25, 0.3) is 11.5 Å². The van der Waals surface area contributed by atoms with Crippen molar-refractivity contribution in [2.75, 3.05) is 5.75 Å². The molecule has 1 heterocycles. The molecule has 183 valence electrons. The topological polar surface area (TPSA) is 162 Å². The van der Waals surface area contributed by atoms with Crippen LogP contribution in [-0.4, -0.2) is 48.0 Å². The number of ketones is 1. The van der Waals surface area contributed by atoms with Gasteiger partial charge >= 0.3 is 0 Å². The van der Waals surface area contributed by atoms with Crippen LogP contribution in [0.15, 0.2) is 65.1 Å². The molecule has 3 rings (SSSR count). The van der Waals surface area contributed by atoms with E-state index in [9.17, 15) is 22.8 Å². The van der Waals surface area contributed by atoms with Gasteiger partial charge in [-0.3, -0.25) is 14.4 Å². The largest absolute Gasteiger partial charge is 0.414 e. The molecule has 1 atom stereocenters. The normalized spacial score (nSPS) is 12.1. The molecule has 0 fully saturated rings. The van der Waals surface area contributed by atoms with Crippen LogP contribution < -0.4 is 11.1 Å². The van der Waals surface area contributed by atoms with Gasteiger partial charge in [0.1, 0.15) is 0 Å². The smallest absolute Gasteiger partial charge is 0.286 e. The lowest BCUT2D eigenvalue weighted by Crippen LogP contribution is -2.42. The molecule has 3 N–H and O–H groups in total. The Hall–Kier alpha value is -3.86. The molecule has 1 radical (unpaired) electrons. The molecule has 3 aromatic rings. The summed E-state index contributed by atoms with van der Waals surface area (Å²) in [6, 6.07) is 16.3. The summed E-state index contributed by atoms with van der Waals surface area (Å²) in [6.45, 7) is 0. The van der Waals surface area contributed by atoms with Crippen molar-refractivity contribution in [3.05, 3.63) is 78.5 Å². The number of nitrogens with two attached hydrogens (primary N) is 1. The number of rotatable bonds is 13. The SMILES string of the molecule is NC(=O)CCCC(NC(=O)[CH]CS(=O)(=O)Cc1ccccc1)C(=O)c1nnc(-c2ccccc2)o1. The number of hydrogen-bond donors (Lipinski definition) is 2. The number of carbonyl (C=O) groups excluding carboxylic acids is 3. The highest BCUT2D eigenvalue weighted by molar-refractivity contribution is 7.90. The van der Waals surface area contributed by atoms with Crippen LogP contribution in [0, 0.1) is 6.42 Å². The first-order valence-electron chi connectivity index (χ1n) is 10.8. The molecule has 1 aromatic heterocycles. The maximum absolute atomic E-state index is 13.0. The molecule has 0 saturated carbocycles. The molecule has 10 nitrogen and oxygen atoms in total. The van der Waals surface area contributed by atoms with Crippen LogP contribution in [0.3, 0.4) is 0 Å². The number of Topliss-reactive ketones (excluding diaryl/α,β-unsaturated/α-hetero) is 1. The second-order valence-electron chi connectivity index (χ2n) is 7.81. The quantitative estimate of drug-likeness (QED) is 0.338. The Labute approximate surface area is 202 Å². The Bertz CT molecular complexity index is 1260. The summed E-state index contributed by atoms with van der Waals surface area (Å²) in [5.74, 6) is -2.86. The van der Waals surface area contributed by atoms with Gasteiger partial charge in [-0.15, -0.1) is 10.2 Å². The van der Waals surface area contributed by atoms with Crippen molar-refractivity contribution in [1.29, 1.82) is 0 Å². The lowest BCUT2D eigenvalue weighted by molar-refractivity contribution is -0.118. The molecule has 35 heavy (non-hydrogen) atoms. The third-order valence-electron chi connectivity index (χ3n) is 4.96. The summed E-state index contributed by atoms with van der Waals surface area (Å²) < 4.78 is 30.2.